The lowest BCUT2D eigenvalue weighted by molar-refractivity contribution is -0.138. The Balaban J connectivity index is 1.19. The van der Waals surface area contributed by atoms with Gasteiger partial charge in [0.05, 0.1) is 32.8 Å². The third-order valence-electron chi connectivity index (χ3n) is 6.67. The highest BCUT2D eigenvalue weighted by Gasteiger charge is 2.47. The molecule has 0 N–H and O–H groups in total. The van der Waals surface area contributed by atoms with Crippen molar-refractivity contribution in [1.29, 1.82) is 5.26 Å². The lowest BCUT2D eigenvalue weighted by Crippen LogP contribution is -2.44. The molecule has 5 rings (SSSR count). The van der Waals surface area contributed by atoms with Gasteiger partial charge in [-0.05, 0) is 67.7 Å². The van der Waals surface area contributed by atoms with E-state index in [0.717, 1.165) is 56.5 Å². The van der Waals surface area contributed by atoms with E-state index in [1.807, 2.05) is 34.7 Å². The number of rotatable bonds is 4. The molecule has 1 aromatic heterocycles. The van der Waals surface area contributed by atoms with Crippen molar-refractivity contribution in [3.8, 4) is 6.07 Å². The van der Waals surface area contributed by atoms with Gasteiger partial charge in [-0.1, -0.05) is 18.2 Å². The molecule has 5 nitrogen and oxygen atoms in total. The Hall–Kier alpha value is -2.75. The van der Waals surface area contributed by atoms with E-state index < -0.39 is 0 Å². The standard InChI is InChI=1S/C24H24N4OS/c25-14-18-1-3-19(4-2-18)16-28-12-9-24(23(28)29)7-10-27(11-8-24)15-20-5-6-22-21(13-20)26-17-30-22/h1-6,13,17H,7-12,15-16H2. The second-order valence-electron chi connectivity index (χ2n) is 8.50. The third-order valence-corrected chi connectivity index (χ3v) is 7.48. The summed E-state index contributed by atoms with van der Waals surface area (Å²) < 4.78 is 1.23. The molecular weight excluding hydrogens is 392 g/mol. The Morgan fingerprint density at radius 3 is 2.50 bits per heavy atom. The molecule has 2 aliphatic heterocycles. The molecule has 2 aliphatic rings. The van der Waals surface area contributed by atoms with Gasteiger partial charge in [-0.15, -0.1) is 11.3 Å². The summed E-state index contributed by atoms with van der Waals surface area (Å²) in [5.74, 6) is 0.315. The van der Waals surface area contributed by atoms with Crippen LogP contribution in [0.1, 0.15) is 36.0 Å². The molecule has 1 spiro atoms. The summed E-state index contributed by atoms with van der Waals surface area (Å²) in [7, 11) is 0. The van der Waals surface area contributed by atoms with E-state index in [-0.39, 0.29) is 5.41 Å². The average Bonchev–Trinajstić information content (AvgIpc) is 3.36. The number of thiazole rings is 1. The predicted octanol–water partition coefficient (Wildman–Crippen LogP) is 4.18. The minimum absolute atomic E-state index is 0.179. The van der Waals surface area contributed by atoms with Crippen molar-refractivity contribution in [1.82, 2.24) is 14.8 Å². The lowest BCUT2D eigenvalue weighted by Gasteiger charge is -2.38. The molecule has 2 fully saturated rings. The van der Waals surface area contributed by atoms with Crippen LogP contribution in [0.25, 0.3) is 10.2 Å². The number of amides is 1. The molecule has 0 atom stereocenters. The van der Waals surface area contributed by atoms with Gasteiger partial charge in [0, 0.05) is 19.6 Å². The van der Waals surface area contributed by atoms with Crippen molar-refractivity contribution in [3.63, 3.8) is 0 Å². The summed E-state index contributed by atoms with van der Waals surface area (Å²) >= 11 is 1.68. The van der Waals surface area contributed by atoms with Crippen molar-refractivity contribution in [2.75, 3.05) is 19.6 Å². The summed E-state index contributed by atoms with van der Waals surface area (Å²) in [5.41, 5.74) is 5.84. The van der Waals surface area contributed by atoms with Crippen molar-refractivity contribution in [3.05, 3.63) is 64.7 Å². The second-order valence-corrected chi connectivity index (χ2v) is 9.38. The third kappa shape index (κ3) is 3.60. The Morgan fingerprint density at radius 2 is 1.73 bits per heavy atom. The van der Waals surface area contributed by atoms with Crippen LogP contribution in [0.3, 0.4) is 0 Å². The van der Waals surface area contributed by atoms with Gasteiger partial charge in [-0.25, -0.2) is 4.98 Å². The number of benzene rings is 2. The molecule has 0 aliphatic carbocycles. The minimum atomic E-state index is -0.179. The molecule has 2 aromatic carbocycles. The van der Waals surface area contributed by atoms with E-state index in [1.165, 1.54) is 10.3 Å². The van der Waals surface area contributed by atoms with Crippen LogP contribution in [0, 0.1) is 16.7 Å². The first-order valence-corrected chi connectivity index (χ1v) is 11.4. The van der Waals surface area contributed by atoms with Crippen LogP contribution in [0.2, 0.25) is 0 Å². The number of carbonyl (C=O) groups excluding carboxylic acids is 1. The van der Waals surface area contributed by atoms with Crippen LogP contribution in [0.5, 0.6) is 0 Å². The molecule has 0 unspecified atom stereocenters. The maximum Gasteiger partial charge on any atom is 0.229 e. The van der Waals surface area contributed by atoms with Gasteiger partial charge in [0.2, 0.25) is 5.91 Å². The molecule has 0 bridgehead atoms. The van der Waals surface area contributed by atoms with Gasteiger partial charge in [0.25, 0.3) is 0 Å². The summed E-state index contributed by atoms with van der Waals surface area (Å²) in [4.78, 5) is 22.1. The molecular formula is C24H24N4OS. The van der Waals surface area contributed by atoms with E-state index in [0.29, 0.717) is 18.0 Å². The van der Waals surface area contributed by atoms with Crippen LogP contribution in [0.4, 0.5) is 0 Å². The summed E-state index contributed by atoms with van der Waals surface area (Å²) in [6.07, 6.45) is 2.84. The molecule has 2 saturated heterocycles. The average molecular weight is 417 g/mol. The van der Waals surface area contributed by atoms with E-state index >= 15 is 0 Å². The van der Waals surface area contributed by atoms with Gasteiger partial charge in [0.15, 0.2) is 0 Å². The first kappa shape index (κ1) is 19.2. The Morgan fingerprint density at radius 1 is 1.00 bits per heavy atom. The lowest BCUT2D eigenvalue weighted by atomic mass is 9.77. The van der Waals surface area contributed by atoms with Gasteiger partial charge in [-0.3, -0.25) is 9.69 Å². The topological polar surface area (TPSA) is 60.2 Å². The molecule has 30 heavy (non-hydrogen) atoms. The summed E-state index contributed by atoms with van der Waals surface area (Å²) in [6, 6.07) is 16.3. The quantitative estimate of drug-likeness (QED) is 0.640. The summed E-state index contributed by atoms with van der Waals surface area (Å²) in [5, 5.41) is 8.95. The zero-order valence-electron chi connectivity index (χ0n) is 16.9. The maximum absolute atomic E-state index is 13.2. The molecule has 3 aromatic rings. The molecule has 152 valence electrons. The van der Waals surface area contributed by atoms with Crippen molar-refractivity contribution < 1.29 is 4.79 Å². The number of fused-ring (bicyclic) bond motifs is 1. The van der Waals surface area contributed by atoms with E-state index in [2.05, 4.69) is 34.2 Å². The second kappa shape index (κ2) is 7.82. The number of aromatic nitrogens is 1. The monoisotopic (exact) mass is 416 g/mol. The van der Waals surface area contributed by atoms with Crippen LogP contribution < -0.4 is 0 Å². The van der Waals surface area contributed by atoms with Gasteiger partial charge >= 0.3 is 0 Å². The van der Waals surface area contributed by atoms with Crippen LogP contribution >= 0.6 is 11.3 Å². The van der Waals surface area contributed by atoms with Crippen molar-refractivity contribution in [2.45, 2.75) is 32.4 Å². The number of piperidine rings is 1. The molecule has 3 heterocycles. The molecule has 6 heteroatoms. The molecule has 1 amide bonds. The van der Waals surface area contributed by atoms with Crippen LogP contribution in [-0.4, -0.2) is 40.3 Å². The number of hydrogen-bond donors (Lipinski definition) is 0. The van der Waals surface area contributed by atoms with Gasteiger partial charge < -0.3 is 4.90 Å². The number of carbonyl (C=O) groups is 1. The van der Waals surface area contributed by atoms with E-state index in [4.69, 9.17) is 5.26 Å². The van der Waals surface area contributed by atoms with Crippen molar-refractivity contribution >= 4 is 27.5 Å². The Kier molecular flexibility index (Phi) is 5.01. The number of nitriles is 1. The highest BCUT2D eigenvalue weighted by molar-refractivity contribution is 7.16. The SMILES string of the molecule is N#Cc1ccc(CN2CCC3(CCN(Cc4ccc5scnc5c4)CC3)C2=O)cc1. The van der Waals surface area contributed by atoms with Crippen LogP contribution in [0.15, 0.2) is 48.0 Å². The Labute approximate surface area is 180 Å². The first-order chi connectivity index (χ1) is 14.6. The van der Waals surface area contributed by atoms with Crippen molar-refractivity contribution in [2.24, 2.45) is 5.41 Å². The Bertz CT molecular complexity index is 1110. The smallest absolute Gasteiger partial charge is 0.229 e. The zero-order valence-corrected chi connectivity index (χ0v) is 17.7. The molecule has 0 radical (unpaired) electrons. The van der Waals surface area contributed by atoms with Gasteiger partial charge in [0.1, 0.15) is 0 Å². The predicted molar refractivity (Wildman–Crippen MR) is 118 cm³/mol. The highest BCUT2D eigenvalue weighted by Crippen LogP contribution is 2.42. The summed E-state index contributed by atoms with van der Waals surface area (Å²) in [6.45, 7) is 4.33. The first-order valence-electron chi connectivity index (χ1n) is 10.5. The fourth-order valence-electron chi connectivity index (χ4n) is 4.81. The van der Waals surface area contributed by atoms with E-state index in [1.54, 1.807) is 11.3 Å². The molecule has 0 saturated carbocycles. The fraction of sp³-hybridized carbons (Fsp3) is 0.375. The number of likely N-dealkylation sites (tertiary alicyclic amines) is 2. The number of hydrogen-bond acceptors (Lipinski definition) is 5. The zero-order chi connectivity index (χ0) is 20.6. The highest BCUT2D eigenvalue weighted by atomic mass is 32.1. The normalized spacial score (nSPS) is 18.9. The number of nitrogens with zero attached hydrogens (tertiary/aromatic N) is 4. The largest absolute Gasteiger partial charge is 0.338 e. The van der Waals surface area contributed by atoms with E-state index in [9.17, 15) is 4.79 Å². The van der Waals surface area contributed by atoms with Crippen LogP contribution in [-0.2, 0) is 17.9 Å². The maximum atomic E-state index is 13.2. The van der Waals surface area contributed by atoms with Gasteiger partial charge in [-0.2, -0.15) is 5.26 Å². The fourth-order valence-corrected chi connectivity index (χ4v) is 5.47. The minimum Gasteiger partial charge on any atom is -0.338 e.